The predicted octanol–water partition coefficient (Wildman–Crippen LogP) is 2.55. The maximum absolute atomic E-state index is 13.0. The van der Waals surface area contributed by atoms with Crippen molar-refractivity contribution in [1.29, 1.82) is 0 Å². The molecular formula is C18H14ClN3O3. The summed E-state index contributed by atoms with van der Waals surface area (Å²) in [5, 5.41) is 5.97. The molecule has 0 aliphatic carbocycles. The van der Waals surface area contributed by atoms with Gasteiger partial charge in [-0.15, -0.1) is 0 Å². The van der Waals surface area contributed by atoms with Crippen molar-refractivity contribution >= 4 is 40.7 Å². The number of halogens is 1. The highest BCUT2D eigenvalue weighted by atomic mass is 35.5. The first-order valence-corrected chi connectivity index (χ1v) is 8.21. The van der Waals surface area contributed by atoms with Gasteiger partial charge in [-0.2, -0.15) is 0 Å². The zero-order valence-electron chi connectivity index (χ0n) is 13.1. The Hall–Kier alpha value is -2.86. The number of benzene rings is 2. The highest BCUT2D eigenvalue weighted by molar-refractivity contribution is 6.31. The summed E-state index contributed by atoms with van der Waals surface area (Å²) in [6.07, 6.45) is 0.385. The van der Waals surface area contributed by atoms with Crippen LogP contribution in [0.25, 0.3) is 0 Å². The fourth-order valence-electron chi connectivity index (χ4n) is 3.37. The molecule has 2 aromatic carbocycles. The Bertz CT molecular complexity index is 914. The molecule has 0 radical (unpaired) electrons. The van der Waals surface area contributed by atoms with Crippen LogP contribution < -0.4 is 15.5 Å². The molecule has 2 N–H and O–H groups in total. The van der Waals surface area contributed by atoms with Gasteiger partial charge in [0, 0.05) is 23.6 Å². The summed E-state index contributed by atoms with van der Waals surface area (Å²) >= 11 is 5.95. The van der Waals surface area contributed by atoms with E-state index in [-0.39, 0.29) is 24.7 Å². The van der Waals surface area contributed by atoms with Gasteiger partial charge in [-0.1, -0.05) is 29.8 Å². The topological polar surface area (TPSA) is 78.5 Å². The molecule has 0 unspecified atom stereocenters. The summed E-state index contributed by atoms with van der Waals surface area (Å²) in [7, 11) is 0. The molecule has 2 heterocycles. The Morgan fingerprint density at radius 3 is 2.76 bits per heavy atom. The number of para-hydroxylation sites is 1. The second-order valence-electron chi connectivity index (χ2n) is 6.03. The second kappa shape index (κ2) is 5.60. The fourth-order valence-corrected chi connectivity index (χ4v) is 3.56. The summed E-state index contributed by atoms with van der Waals surface area (Å²) in [5.74, 6) is -1.04. The lowest BCUT2D eigenvalue weighted by atomic mass is 9.98. The fraction of sp³-hybridized carbons (Fsp3) is 0.167. The van der Waals surface area contributed by atoms with Crippen LogP contribution in [0.1, 0.15) is 23.2 Å². The molecule has 2 aromatic rings. The van der Waals surface area contributed by atoms with Gasteiger partial charge in [-0.25, -0.2) is 0 Å². The van der Waals surface area contributed by atoms with Crippen molar-refractivity contribution in [1.82, 2.24) is 5.32 Å². The Kier molecular flexibility index (Phi) is 3.51. The van der Waals surface area contributed by atoms with E-state index in [1.54, 1.807) is 48.5 Å². The maximum Gasteiger partial charge on any atom is 0.271 e. The summed E-state index contributed by atoms with van der Waals surface area (Å²) in [6, 6.07) is 13.5. The van der Waals surface area contributed by atoms with Gasteiger partial charge in [0.15, 0.2) is 0 Å². The van der Waals surface area contributed by atoms with Gasteiger partial charge in [0.2, 0.25) is 11.6 Å². The molecule has 1 saturated heterocycles. The van der Waals surface area contributed by atoms with Crippen molar-refractivity contribution in [2.24, 2.45) is 0 Å². The van der Waals surface area contributed by atoms with Crippen LogP contribution in [0.4, 0.5) is 11.4 Å². The number of anilines is 2. The van der Waals surface area contributed by atoms with Crippen molar-refractivity contribution < 1.29 is 14.4 Å². The Morgan fingerprint density at radius 2 is 1.96 bits per heavy atom. The lowest BCUT2D eigenvalue weighted by Gasteiger charge is -2.41. The van der Waals surface area contributed by atoms with Gasteiger partial charge in [0.1, 0.15) is 0 Å². The number of nitrogens with zero attached hydrogens (tertiary/aromatic N) is 1. The number of amides is 3. The van der Waals surface area contributed by atoms with Gasteiger partial charge in [-0.05, 0) is 30.3 Å². The first-order valence-electron chi connectivity index (χ1n) is 7.83. The van der Waals surface area contributed by atoms with Crippen molar-refractivity contribution in [3.05, 3.63) is 59.1 Å². The molecule has 7 heteroatoms. The zero-order chi connectivity index (χ0) is 17.6. The number of hydrogen-bond donors (Lipinski definition) is 2. The summed E-state index contributed by atoms with van der Waals surface area (Å²) < 4.78 is 0. The second-order valence-corrected chi connectivity index (χ2v) is 6.46. The van der Waals surface area contributed by atoms with Crippen LogP contribution in [0.15, 0.2) is 48.5 Å². The number of rotatable bonds is 2. The van der Waals surface area contributed by atoms with Crippen LogP contribution in [-0.2, 0) is 9.59 Å². The Labute approximate surface area is 148 Å². The SMILES string of the molecule is O=C1N[C@]2(C(=O)Nc3cccc(Cl)c3)CCC(=O)N2c2ccccc21. The lowest BCUT2D eigenvalue weighted by molar-refractivity contribution is -0.124. The lowest BCUT2D eigenvalue weighted by Crippen LogP contribution is -2.68. The predicted molar refractivity (Wildman–Crippen MR) is 93.4 cm³/mol. The van der Waals surface area contributed by atoms with Crippen molar-refractivity contribution in [3.63, 3.8) is 0 Å². The summed E-state index contributed by atoms with van der Waals surface area (Å²) in [4.78, 5) is 39.4. The molecule has 2 aliphatic rings. The van der Waals surface area contributed by atoms with E-state index < -0.39 is 11.6 Å². The molecule has 25 heavy (non-hydrogen) atoms. The molecule has 2 aliphatic heterocycles. The minimum atomic E-state index is -1.43. The highest BCUT2D eigenvalue weighted by Gasteiger charge is 2.56. The number of fused-ring (bicyclic) bond motifs is 3. The van der Waals surface area contributed by atoms with Crippen LogP contribution in [0, 0.1) is 0 Å². The molecule has 6 nitrogen and oxygen atoms in total. The number of nitrogens with one attached hydrogen (secondary N) is 2. The van der Waals surface area contributed by atoms with Gasteiger partial charge in [-0.3, -0.25) is 19.3 Å². The third-order valence-corrected chi connectivity index (χ3v) is 4.73. The largest absolute Gasteiger partial charge is 0.322 e. The van der Waals surface area contributed by atoms with E-state index in [1.807, 2.05) is 0 Å². The molecule has 0 saturated carbocycles. The molecule has 0 bridgehead atoms. The smallest absolute Gasteiger partial charge is 0.271 e. The summed E-state index contributed by atoms with van der Waals surface area (Å²) in [5.41, 5.74) is -0.0941. The minimum absolute atomic E-state index is 0.178. The van der Waals surface area contributed by atoms with Crippen LogP contribution in [0.2, 0.25) is 5.02 Å². The van der Waals surface area contributed by atoms with E-state index in [1.165, 1.54) is 4.90 Å². The molecule has 0 spiro atoms. The first kappa shape index (κ1) is 15.7. The normalized spacial score (nSPS) is 21.4. The molecule has 3 amide bonds. The van der Waals surface area contributed by atoms with E-state index >= 15 is 0 Å². The standard InChI is InChI=1S/C18H14ClN3O3/c19-11-4-3-5-12(10-11)20-17(25)18-9-8-15(23)22(18)14-7-2-1-6-13(14)16(24)21-18/h1-7,10H,8-9H2,(H,20,25)(H,21,24)/t18-/m1/s1. The van der Waals surface area contributed by atoms with Gasteiger partial charge >= 0.3 is 0 Å². The molecule has 1 atom stereocenters. The van der Waals surface area contributed by atoms with Crippen LogP contribution in [0.5, 0.6) is 0 Å². The van der Waals surface area contributed by atoms with E-state index in [9.17, 15) is 14.4 Å². The third-order valence-electron chi connectivity index (χ3n) is 4.50. The van der Waals surface area contributed by atoms with E-state index in [0.717, 1.165) is 0 Å². The van der Waals surface area contributed by atoms with Gasteiger partial charge in [0.25, 0.3) is 11.8 Å². The van der Waals surface area contributed by atoms with E-state index in [0.29, 0.717) is 22.0 Å². The van der Waals surface area contributed by atoms with Crippen LogP contribution >= 0.6 is 11.6 Å². The van der Waals surface area contributed by atoms with Crippen LogP contribution in [0.3, 0.4) is 0 Å². The molecule has 1 fully saturated rings. The monoisotopic (exact) mass is 355 g/mol. The quantitative estimate of drug-likeness (QED) is 0.869. The van der Waals surface area contributed by atoms with Gasteiger partial charge < -0.3 is 10.6 Å². The van der Waals surface area contributed by atoms with E-state index in [2.05, 4.69) is 10.6 Å². The minimum Gasteiger partial charge on any atom is -0.322 e. The summed E-state index contributed by atoms with van der Waals surface area (Å²) in [6.45, 7) is 0. The average molecular weight is 356 g/mol. The zero-order valence-corrected chi connectivity index (χ0v) is 13.8. The van der Waals surface area contributed by atoms with Gasteiger partial charge in [0.05, 0.1) is 11.3 Å². The Morgan fingerprint density at radius 1 is 1.16 bits per heavy atom. The number of hydrogen-bond acceptors (Lipinski definition) is 3. The maximum atomic E-state index is 13.0. The average Bonchev–Trinajstić information content (AvgIpc) is 2.93. The number of carbonyl (C=O) groups is 3. The highest BCUT2D eigenvalue weighted by Crippen LogP contribution is 2.39. The first-order chi connectivity index (χ1) is 12.0. The van der Waals surface area contributed by atoms with Crippen LogP contribution in [-0.4, -0.2) is 23.4 Å². The van der Waals surface area contributed by atoms with Crippen molar-refractivity contribution in [3.8, 4) is 0 Å². The van der Waals surface area contributed by atoms with Crippen molar-refractivity contribution in [2.75, 3.05) is 10.2 Å². The molecule has 4 rings (SSSR count). The van der Waals surface area contributed by atoms with E-state index in [4.69, 9.17) is 11.6 Å². The number of carbonyl (C=O) groups excluding carboxylic acids is 3. The van der Waals surface area contributed by atoms with Crippen molar-refractivity contribution in [2.45, 2.75) is 18.5 Å². The third kappa shape index (κ3) is 2.37. The molecule has 126 valence electrons. The molecular weight excluding hydrogens is 342 g/mol. The molecule has 0 aromatic heterocycles. The Balaban J connectivity index is 1.76.